The number of rotatable bonds is 3. The van der Waals surface area contributed by atoms with Gasteiger partial charge in [0, 0.05) is 32.2 Å². The third-order valence-electron chi connectivity index (χ3n) is 3.41. The van der Waals surface area contributed by atoms with Crippen molar-refractivity contribution in [2.75, 3.05) is 38.2 Å². The highest BCUT2D eigenvalue weighted by Gasteiger charge is 2.24. The molecule has 0 aromatic heterocycles. The van der Waals surface area contributed by atoms with Crippen LogP contribution < -0.4 is 4.90 Å². The number of esters is 1. The highest BCUT2D eigenvalue weighted by molar-refractivity contribution is 5.94. The molecule has 0 aliphatic carbocycles. The molecule has 0 saturated carbocycles. The van der Waals surface area contributed by atoms with Crippen molar-refractivity contribution >= 4 is 17.6 Å². The minimum absolute atomic E-state index is 0.290. The van der Waals surface area contributed by atoms with Gasteiger partial charge in [0.2, 0.25) is 5.91 Å². The van der Waals surface area contributed by atoms with Crippen LogP contribution in [-0.4, -0.2) is 50.1 Å². The van der Waals surface area contributed by atoms with Crippen molar-refractivity contribution in [3.63, 3.8) is 0 Å². The first kappa shape index (κ1) is 15.2. The van der Waals surface area contributed by atoms with Crippen LogP contribution in [0.1, 0.15) is 6.42 Å². The molecule has 1 aromatic rings. The normalized spacial score (nSPS) is 15.0. The first-order valence-corrected chi connectivity index (χ1v) is 6.56. The number of halogens is 2. The second-order valence-electron chi connectivity index (χ2n) is 4.72. The summed E-state index contributed by atoms with van der Waals surface area (Å²) in [7, 11) is 1.23. The largest absolute Gasteiger partial charge is 0.469 e. The first-order valence-electron chi connectivity index (χ1n) is 6.56. The van der Waals surface area contributed by atoms with E-state index in [1.54, 1.807) is 4.90 Å². The second kappa shape index (κ2) is 6.51. The molecule has 1 aliphatic rings. The second-order valence-corrected chi connectivity index (χ2v) is 4.72. The van der Waals surface area contributed by atoms with Crippen LogP contribution in [0.3, 0.4) is 0 Å². The molecule has 1 amide bonds. The first-order chi connectivity index (χ1) is 10.0. The Morgan fingerprint density at radius 3 is 2.43 bits per heavy atom. The standard InChI is InChI=1S/C14H16F2N2O3/c1-21-14(20)9-13(19)18-6-4-17(5-7-18)12-3-2-10(15)8-11(12)16/h2-3,8H,4-7,9H2,1H3. The molecule has 7 heteroatoms. The van der Waals surface area contributed by atoms with Crippen LogP contribution in [-0.2, 0) is 14.3 Å². The van der Waals surface area contributed by atoms with Gasteiger partial charge in [0.1, 0.15) is 18.1 Å². The number of piperazine rings is 1. The smallest absolute Gasteiger partial charge is 0.315 e. The van der Waals surface area contributed by atoms with Crippen molar-refractivity contribution in [2.24, 2.45) is 0 Å². The van der Waals surface area contributed by atoms with Gasteiger partial charge < -0.3 is 14.5 Å². The number of anilines is 1. The Labute approximate surface area is 121 Å². The third-order valence-corrected chi connectivity index (χ3v) is 3.41. The van der Waals surface area contributed by atoms with Crippen LogP contribution in [0.4, 0.5) is 14.5 Å². The Kier molecular flexibility index (Phi) is 4.72. The average molecular weight is 298 g/mol. The molecule has 21 heavy (non-hydrogen) atoms. The monoisotopic (exact) mass is 298 g/mol. The van der Waals surface area contributed by atoms with E-state index in [0.29, 0.717) is 31.9 Å². The van der Waals surface area contributed by atoms with Crippen LogP contribution in [0.25, 0.3) is 0 Å². The lowest BCUT2D eigenvalue weighted by Gasteiger charge is -2.36. The molecular formula is C14H16F2N2O3. The zero-order valence-electron chi connectivity index (χ0n) is 11.6. The Morgan fingerprint density at radius 1 is 1.19 bits per heavy atom. The number of hydrogen-bond acceptors (Lipinski definition) is 4. The minimum atomic E-state index is -0.622. The predicted molar refractivity (Wildman–Crippen MR) is 71.8 cm³/mol. The van der Waals surface area contributed by atoms with Crippen LogP contribution in [0, 0.1) is 11.6 Å². The summed E-state index contributed by atoms with van der Waals surface area (Å²) in [4.78, 5) is 26.2. The number of ether oxygens (including phenoxy) is 1. The molecule has 0 N–H and O–H groups in total. The predicted octanol–water partition coefficient (Wildman–Crippen LogP) is 1.18. The molecule has 0 radical (unpaired) electrons. The van der Waals surface area contributed by atoms with E-state index in [9.17, 15) is 18.4 Å². The number of carbonyl (C=O) groups excluding carboxylic acids is 2. The maximum atomic E-state index is 13.7. The van der Waals surface area contributed by atoms with Crippen LogP contribution in [0.15, 0.2) is 18.2 Å². The van der Waals surface area contributed by atoms with E-state index >= 15 is 0 Å². The molecule has 0 spiro atoms. The van der Waals surface area contributed by atoms with Crippen molar-refractivity contribution in [1.82, 2.24) is 4.90 Å². The van der Waals surface area contributed by atoms with Crippen LogP contribution in [0.2, 0.25) is 0 Å². The molecule has 0 atom stereocenters. The van der Waals surface area contributed by atoms with Crippen LogP contribution in [0.5, 0.6) is 0 Å². The van der Waals surface area contributed by atoms with Gasteiger partial charge in [-0.05, 0) is 12.1 Å². The van der Waals surface area contributed by atoms with Gasteiger partial charge >= 0.3 is 5.97 Å². The SMILES string of the molecule is COC(=O)CC(=O)N1CCN(c2ccc(F)cc2F)CC1. The average Bonchev–Trinajstić information content (AvgIpc) is 2.47. The Hall–Kier alpha value is -2.18. The topological polar surface area (TPSA) is 49.9 Å². The minimum Gasteiger partial charge on any atom is -0.469 e. The van der Waals surface area contributed by atoms with Gasteiger partial charge in [0.25, 0.3) is 0 Å². The summed E-state index contributed by atoms with van der Waals surface area (Å²) < 4.78 is 31.0. The lowest BCUT2D eigenvalue weighted by Crippen LogP contribution is -2.49. The summed E-state index contributed by atoms with van der Waals surface area (Å²) in [5.74, 6) is -2.12. The highest BCUT2D eigenvalue weighted by atomic mass is 19.1. The van der Waals surface area contributed by atoms with E-state index in [4.69, 9.17) is 0 Å². The molecule has 1 heterocycles. The van der Waals surface area contributed by atoms with Gasteiger partial charge in [-0.15, -0.1) is 0 Å². The number of nitrogens with zero attached hydrogens (tertiary/aromatic N) is 2. The fraction of sp³-hybridized carbons (Fsp3) is 0.429. The third kappa shape index (κ3) is 3.68. The fourth-order valence-corrected chi connectivity index (χ4v) is 2.24. The number of carbonyl (C=O) groups is 2. The molecule has 2 rings (SSSR count). The summed E-state index contributed by atoms with van der Waals surface area (Å²) >= 11 is 0. The van der Waals surface area contributed by atoms with Gasteiger partial charge in [-0.2, -0.15) is 0 Å². The number of hydrogen-bond donors (Lipinski definition) is 0. The van der Waals surface area contributed by atoms with E-state index in [2.05, 4.69) is 4.74 Å². The Balaban J connectivity index is 1.94. The summed E-state index contributed by atoms with van der Waals surface area (Å²) in [6.45, 7) is 1.62. The molecule has 0 unspecified atom stereocenters. The quantitative estimate of drug-likeness (QED) is 0.621. The molecular weight excluding hydrogens is 282 g/mol. The molecule has 0 bridgehead atoms. The highest BCUT2D eigenvalue weighted by Crippen LogP contribution is 2.21. The van der Waals surface area contributed by atoms with Gasteiger partial charge in [0.05, 0.1) is 12.8 Å². The van der Waals surface area contributed by atoms with E-state index in [-0.39, 0.29) is 12.3 Å². The molecule has 5 nitrogen and oxygen atoms in total. The molecule has 114 valence electrons. The molecule has 1 aliphatic heterocycles. The van der Waals surface area contributed by atoms with E-state index < -0.39 is 17.6 Å². The van der Waals surface area contributed by atoms with Gasteiger partial charge in [0.15, 0.2) is 0 Å². The van der Waals surface area contributed by atoms with E-state index in [1.165, 1.54) is 24.1 Å². The van der Waals surface area contributed by atoms with Crippen molar-refractivity contribution in [2.45, 2.75) is 6.42 Å². The Bertz CT molecular complexity index is 543. The van der Waals surface area contributed by atoms with Crippen molar-refractivity contribution in [3.8, 4) is 0 Å². The summed E-state index contributed by atoms with van der Waals surface area (Å²) in [5, 5.41) is 0. The molecule has 1 saturated heterocycles. The lowest BCUT2D eigenvalue weighted by molar-refractivity contribution is -0.146. The number of amides is 1. The zero-order chi connectivity index (χ0) is 15.4. The van der Waals surface area contributed by atoms with Crippen molar-refractivity contribution in [1.29, 1.82) is 0 Å². The summed E-state index contributed by atoms with van der Waals surface area (Å²) in [5.41, 5.74) is 0.316. The summed E-state index contributed by atoms with van der Waals surface area (Å²) in [6.07, 6.45) is -0.290. The molecule has 1 aromatic carbocycles. The van der Waals surface area contributed by atoms with Gasteiger partial charge in [-0.1, -0.05) is 0 Å². The van der Waals surface area contributed by atoms with Gasteiger partial charge in [-0.25, -0.2) is 8.78 Å². The van der Waals surface area contributed by atoms with E-state index in [1.807, 2.05) is 0 Å². The van der Waals surface area contributed by atoms with Crippen molar-refractivity contribution in [3.05, 3.63) is 29.8 Å². The van der Waals surface area contributed by atoms with Gasteiger partial charge in [-0.3, -0.25) is 9.59 Å². The summed E-state index contributed by atoms with van der Waals surface area (Å²) in [6, 6.07) is 3.42. The molecule has 1 fully saturated rings. The lowest BCUT2D eigenvalue weighted by atomic mass is 10.2. The number of methoxy groups -OCH3 is 1. The maximum Gasteiger partial charge on any atom is 0.315 e. The fourth-order valence-electron chi connectivity index (χ4n) is 2.24. The van der Waals surface area contributed by atoms with Crippen LogP contribution >= 0.6 is 0 Å². The van der Waals surface area contributed by atoms with Crippen molar-refractivity contribution < 1.29 is 23.1 Å². The number of benzene rings is 1. The van der Waals surface area contributed by atoms with E-state index in [0.717, 1.165) is 6.07 Å². The maximum absolute atomic E-state index is 13.7. The Morgan fingerprint density at radius 2 is 1.86 bits per heavy atom. The zero-order valence-corrected chi connectivity index (χ0v) is 11.6.